The van der Waals surface area contributed by atoms with Crippen LogP contribution < -0.4 is 5.32 Å². The van der Waals surface area contributed by atoms with Crippen molar-refractivity contribution in [2.45, 2.75) is 238 Å². The number of phosphoric ester groups is 1. The number of amides is 1. The van der Waals surface area contributed by atoms with Crippen LogP contribution in [0.15, 0.2) is 122 Å². The van der Waals surface area contributed by atoms with Gasteiger partial charge in [-0.25, -0.2) is 4.57 Å². The summed E-state index contributed by atoms with van der Waals surface area (Å²) in [6.45, 7) is 4.64. The number of quaternary nitrogens is 1. The van der Waals surface area contributed by atoms with Crippen LogP contribution in [0.2, 0.25) is 0 Å². The molecule has 3 unspecified atom stereocenters. The van der Waals surface area contributed by atoms with Gasteiger partial charge in [0, 0.05) is 6.42 Å². The number of allylic oxidation sites excluding steroid dienone is 19. The number of nitrogens with one attached hydrogen (secondary N) is 1. The van der Waals surface area contributed by atoms with Crippen LogP contribution in [0.5, 0.6) is 0 Å². The van der Waals surface area contributed by atoms with Crippen molar-refractivity contribution in [1.82, 2.24) is 5.32 Å². The van der Waals surface area contributed by atoms with E-state index in [9.17, 15) is 19.4 Å². The van der Waals surface area contributed by atoms with Gasteiger partial charge in [-0.15, -0.1) is 0 Å². The highest BCUT2D eigenvalue weighted by Crippen LogP contribution is 2.43. The second-order valence-corrected chi connectivity index (χ2v) is 22.1. The maximum Gasteiger partial charge on any atom is 0.472 e. The molecule has 0 aromatic rings. The van der Waals surface area contributed by atoms with Crippen LogP contribution in [-0.2, 0) is 18.4 Å². The first-order valence-corrected chi connectivity index (χ1v) is 30.9. The highest BCUT2D eigenvalue weighted by atomic mass is 31.2. The fourth-order valence-electron chi connectivity index (χ4n) is 7.82. The minimum Gasteiger partial charge on any atom is -0.387 e. The Morgan fingerprint density at radius 2 is 0.836 bits per heavy atom. The lowest BCUT2D eigenvalue weighted by atomic mass is 10.0. The zero-order chi connectivity index (χ0) is 53.5. The molecule has 0 fully saturated rings. The lowest BCUT2D eigenvalue weighted by Crippen LogP contribution is -2.45. The molecule has 0 saturated carbocycles. The minimum atomic E-state index is -4.38. The van der Waals surface area contributed by atoms with Crippen molar-refractivity contribution < 1.29 is 32.9 Å². The highest BCUT2D eigenvalue weighted by molar-refractivity contribution is 7.47. The van der Waals surface area contributed by atoms with Crippen molar-refractivity contribution in [3.05, 3.63) is 122 Å². The molecule has 0 bridgehead atoms. The van der Waals surface area contributed by atoms with Crippen molar-refractivity contribution in [1.29, 1.82) is 0 Å². The molecule has 3 atom stereocenters. The van der Waals surface area contributed by atoms with Gasteiger partial charge in [0.15, 0.2) is 0 Å². The lowest BCUT2D eigenvalue weighted by Gasteiger charge is -2.25. The van der Waals surface area contributed by atoms with Crippen molar-refractivity contribution in [3.8, 4) is 0 Å². The fourth-order valence-corrected chi connectivity index (χ4v) is 8.55. The number of carbonyl (C=O) groups is 1. The van der Waals surface area contributed by atoms with Crippen molar-refractivity contribution in [3.63, 3.8) is 0 Å². The van der Waals surface area contributed by atoms with Crippen LogP contribution >= 0.6 is 7.82 Å². The molecule has 8 nitrogen and oxygen atoms in total. The first-order valence-electron chi connectivity index (χ1n) is 29.4. The summed E-state index contributed by atoms with van der Waals surface area (Å²) in [5, 5.41) is 13.9. The Morgan fingerprint density at radius 1 is 0.479 bits per heavy atom. The summed E-state index contributed by atoms with van der Waals surface area (Å²) in [5.74, 6) is -0.227. The van der Waals surface area contributed by atoms with Crippen molar-refractivity contribution in [2.24, 2.45) is 0 Å². The fraction of sp³-hybridized carbons (Fsp3) is 0.672. The molecule has 0 saturated heterocycles. The van der Waals surface area contributed by atoms with E-state index in [0.717, 1.165) is 89.9 Å². The summed E-state index contributed by atoms with van der Waals surface area (Å²) in [6.07, 6.45) is 80.3. The van der Waals surface area contributed by atoms with Gasteiger partial charge in [-0.1, -0.05) is 238 Å². The third-order valence-corrected chi connectivity index (χ3v) is 13.4. The Hall–Kier alpha value is -3.10. The Balaban J connectivity index is 4.39. The molecular formula is C64H112N2O6P+. The molecule has 3 N–H and O–H groups in total. The van der Waals surface area contributed by atoms with Gasteiger partial charge in [-0.2, -0.15) is 0 Å². The van der Waals surface area contributed by atoms with E-state index in [-0.39, 0.29) is 19.1 Å². The smallest absolute Gasteiger partial charge is 0.387 e. The molecule has 0 radical (unpaired) electrons. The van der Waals surface area contributed by atoms with E-state index < -0.39 is 20.0 Å². The number of carbonyl (C=O) groups excluding carboxylic acids is 1. The molecule has 73 heavy (non-hydrogen) atoms. The number of rotatable bonds is 52. The van der Waals surface area contributed by atoms with E-state index in [1.54, 1.807) is 6.08 Å². The number of likely N-dealkylation sites (N-methyl/N-ethyl adjacent to an activating group) is 1. The van der Waals surface area contributed by atoms with E-state index in [1.807, 2.05) is 27.2 Å². The van der Waals surface area contributed by atoms with Crippen molar-refractivity contribution >= 4 is 13.7 Å². The summed E-state index contributed by atoms with van der Waals surface area (Å²) in [7, 11) is 1.50. The number of aliphatic hydroxyl groups excluding tert-OH is 1. The Morgan fingerprint density at radius 3 is 1.26 bits per heavy atom. The van der Waals surface area contributed by atoms with Crippen LogP contribution in [-0.4, -0.2) is 73.4 Å². The number of phosphoric acid groups is 1. The van der Waals surface area contributed by atoms with E-state index in [4.69, 9.17) is 9.05 Å². The molecule has 0 rings (SSSR count). The van der Waals surface area contributed by atoms with Gasteiger partial charge in [-0.3, -0.25) is 13.8 Å². The third-order valence-electron chi connectivity index (χ3n) is 12.4. The normalized spacial score (nSPS) is 14.8. The number of hydrogen-bond donors (Lipinski definition) is 3. The van der Waals surface area contributed by atoms with Gasteiger partial charge < -0.3 is 19.8 Å². The van der Waals surface area contributed by atoms with Gasteiger partial charge in [-0.05, 0) is 103 Å². The second-order valence-electron chi connectivity index (χ2n) is 20.6. The number of unbranched alkanes of at least 4 members (excludes halogenated alkanes) is 21. The molecular weight excluding hydrogens is 924 g/mol. The van der Waals surface area contributed by atoms with Crippen LogP contribution in [0, 0.1) is 0 Å². The quantitative estimate of drug-likeness (QED) is 0.0243. The average Bonchev–Trinajstić information content (AvgIpc) is 3.35. The van der Waals surface area contributed by atoms with Gasteiger partial charge in [0.2, 0.25) is 5.91 Å². The summed E-state index contributed by atoms with van der Waals surface area (Å²) >= 11 is 0. The van der Waals surface area contributed by atoms with E-state index in [1.165, 1.54) is 109 Å². The van der Waals surface area contributed by atoms with Gasteiger partial charge in [0.05, 0.1) is 39.9 Å². The topological polar surface area (TPSA) is 105 Å². The predicted molar refractivity (Wildman–Crippen MR) is 318 cm³/mol. The van der Waals surface area contributed by atoms with Crippen LogP contribution in [0.4, 0.5) is 0 Å². The number of hydrogen-bond acceptors (Lipinski definition) is 5. The summed E-state index contributed by atoms with van der Waals surface area (Å²) in [6, 6.07) is -0.898. The monoisotopic (exact) mass is 1040 g/mol. The Labute approximate surface area is 450 Å². The Kier molecular flexibility index (Phi) is 51.4. The minimum absolute atomic E-state index is 0.0395. The average molecular weight is 1040 g/mol. The molecule has 9 heteroatoms. The molecule has 0 aliphatic rings. The first-order chi connectivity index (χ1) is 35.5. The van der Waals surface area contributed by atoms with Gasteiger partial charge in [0.1, 0.15) is 13.2 Å². The van der Waals surface area contributed by atoms with Crippen LogP contribution in [0.1, 0.15) is 226 Å². The molecule has 0 aliphatic carbocycles. The zero-order valence-corrected chi connectivity index (χ0v) is 48.5. The molecule has 0 heterocycles. The first kappa shape index (κ1) is 69.9. The summed E-state index contributed by atoms with van der Waals surface area (Å²) in [4.78, 5) is 23.3. The SMILES string of the molecule is CC/C=C\C/C=C\C/C=C\C/C=C\C/C=C\C/C=C\C/C=C\CCCCCC(=O)NC(COP(=O)(O)OCC[N+](C)(C)C)C(O)/C=C/CC/C=C/CC/C=C/CCCCCCCCCCCCCCCCCC. The molecule has 0 aromatic heterocycles. The predicted octanol–water partition coefficient (Wildman–Crippen LogP) is 18.1. The second kappa shape index (κ2) is 53.7. The molecule has 1 amide bonds. The molecule has 0 aromatic carbocycles. The Bertz CT molecular complexity index is 1600. The van der Waals surface area contributed by atoms with Gasteiger partial charge >= 0.3 is 7.82 Å². The molecule has 0 aliphatic heterocycles. The van der Waals surface area contributed by atoms with Crippen molar-refractivity contribution in [2.75, 3.05) is 40.9 Å². The maximum atomic E-state index is 13.0. The molecule has 0 spiro atoms. The van der Waals surface area contributed by atoms with Crippen LogP contribution in [0.25, 0.3) is 0 Å². The number of nitrogens with zero attached hydrogens (tertiary/aromatic N) is 1. The number of aliphatic hydroxyl groups is 1. The van der Waals surface area contributed by atoms with Gasteiger partial charge in [0.25, 0.3) is 0 Å². The zero-order valence-electron chi connectivity index (χ0n) is 47.6. The van der Waals surface area contributed by atoms with E-state index in [2.05, 4.69) is 129 Å². The lowest BCUT2D eigenvalue weighted by molar-refractivity contribution is -0.870. The molecule has 418 valence electrons. The maximum absolute atomic E-state index is 13.0. The van der Waals surface area contributed by atoms with Crippen LogP contribution in [0.3, 0.4) is 0 Å². The van der Waals surface area contributed by atoms with E-state index >= 15 is 0 Å². The van der Waals surface area contributed by atoms with E-state index in [0.29, 0.717) is 23.9 Å². The third kappa shape index (κ3) is 56.5. The standard InChI is InChI=1S/C64H111N2O6P/c1-6-8-10-12-14-16-18-20-22-24-26-28-30-32-34-35-37-39-41-43-45-47-49-51-53-55-57-63(67)62(61-72-73(69,70)71-60-59-66(3,4)5)65-64(68)58-56-54-52-50-48-46-44-42-40-38-36-33-31-29-27-25-23-21-19-17-15-13-11-9-7-2/h9,11,15,17,21,23,27,29,33,36,39-42,46-49,55,57,62-63,67H,6-8,10,12-14,16,18-20,22,24-26,28,30-32,34-35,37-38,43-45,50-54,56,58-61H2,1-5H3,(H-,65,68,69,70)/p+1/b11-9-,17-15-,23-21-,29-27-,36-33-,41-39+,42-40-,48-46-,49-47+,57-55+. The summed E-state index contributed by atoms with van der Waals surface area (Å²) in [5.41, 5.74) is 0. The highest BCUT2D eigenvalue weighted by Gasteiger charge is 2.27. The largest absolute Gasteiger partial charge is 0.472 e. The summed E-state index contributed by atoms with van der Waals surface area (Å²) < 4.78 is 23.7.